The molecule has 0 spiro atoms. The second-order valence-electron chi connectivity index (χ2n) is 5.97. The topological polar surface area (TPSA) is 54.0 Å². The fraction of sp³-hybridized carbons (Fsp3) is 0.333. The van der Waals surface area contributed by atoms with Crippen molar-refractivity contribution in [1.29, 1.82) is 0 Å². The molecular formula is C18H23N3O. The number of benzene rings is 1. The summed E-state index contributed by atoms with van der Waals surface area (Å²) in [6.45, 7) is 9.98. The summed E-state index contributed by atoms with van der Waals surface area (Å²) in [5.41, 5.74) is 5.42. The van der Waals surface area contributed by atoms with Gasteiger partial charge in [-0.3, -0.25) is 4.79 Å². The SMILES string of the molecule is Cc1cc(C)c(Nc2ccc(NC(=O)C(C)C)cn2)c(C)c1. The average Bonchev–Trinajstić information content (AvgIpc) is 2.44. The molecule has 116 valence electrons. The quantitative estimate of drug-likeness (QED) is 0.882. The molecule has 4 nitrogen and oxygen atoms in total. The number of carbonyl (C=O) groups excluding carboxylic acids is 1. The maximum absolute atomic E-state index is 11.7. The van der Waals surface area contributed by atoms with Gasteiger partial charge < -0.3 is 10.6 Å². The van der Waals surface area contributed by atoms with E-state index in [2.05, 4.69) is 48.5 Å². The summed E-state index contributed by atoms with van der Waals surface area (Å²) in [6.07, 6.45) is 1.67. The van der Waals surface area contributed by atoms with Gasteiger partial charge in [0.25, 0.3) is 0 Å². The van der Waals surface area contributed by atoms with E-state index >= 15 is 0 Å². The van der Waals surface area contributed by atoms with Crippen molar-refractivity contribution < 1.29 is 4.79 Å². The van der Waals surface area contributed by atoms with Crippen LogP contribution in [0.5, 0.6) is 0 Å². The lowest BCUT2D eigenvalue weighted by Crippen LogP contribution is -2.17. The van der Waals surface area contributed by atoms with Crippen LogP contribution in [0.25, 0.3) is 0 Å². The van der Waals surface area contributed by atoms with Gasteiger partial charge in [0.2, 0.25) is 5.91 Å². The van der Waals surface area contributed by atoms with Crippen molar-refractivity contribution in [2.75, 3.05) is 10.6 Å². The number of nitrogens with one attached hydrogen (secondary N) is 2. The molecule has 2 rings (SSSR count). The van der Waals surface area contributed by atoms with Gasteiger partial charge in [-0.1, -0.05) is 31.5 Å². The monoisotopic (exact) mass is 297 g/mol. The fourth-order valence-corrected chi connectivity index (χ4v) is 2.33. The Kier molecular flexibility index (Phi) is 4.81. The largest absolute Gasteiger partial charge is 0.340 e. The van der Waals surface area contributed by atoms with Gasteiger partial charge in [0.05, 0.1) is 11.9 Å². The summed E-state index contributed by atoms with van der Waals surface area (Å²) in [5.74, 6) is 0.709. The molecule has 0 radical (unpaired) electrons. The highest BCUT2D eigenvalue weighted by Crippen LogP contribution is 2.25. The van der Waals surface area contributed by atoms with Crippen LogP contribution in [0.15, 0.2) is 30.5 Å². The molecule has 0 aliphatic heterocycles. The molecule has 0 unspecified atom stereocenters. The molecule has 0 bridgehead atoms. The Morgan fingerprint density at radius 2 is 1.73 bits per heavy atom. The lowest BCUT2D eigenvalue weighted by atomic mass is 10.1. The molecule has 4 heteroatoms. The molecule has 1 heterocycles. The zero-order valence-electron chi connectivity index (χ0n) is 13.8. The average molecular weight is 297 g/mol. The number of nitrogens with zero attached hydrogens (tertiary/aromatic N) is 1. The van der Waals surface area contributed by atoms with Crippen molar-refractivity contribution in [3.8, 4) is 0 Å². The second-order valence-corrected chi connectivity index (χ2v) is 5.97. The highest BCUT2D eigenvalue weighted by atomic mass is 16.1. The van der Waals surface area contributed by atoms with Crippen molar-refractivity contribution in [3.63, 3.8) is 0 Å². The molecule has 22 heavy (non-hydrogen) atoms. The number of aryl methyl sites for hydroxylation is 3. The normalized spacial score (nSPS) is 10.6. The smallest absolute Gasteiger partial charge is 0.226 e. The molecule has 1 aromatic heterocycles. The molecule has 0 aliphatic rings. The molecular weight excluding hydrogens is 274 g/mol. The minimum absolute atomic E-state index is 0.00673. The number of rotatable bonds is 4. The Bertz CT molecular complexity index is 652. The van der Waals surface area contributed by atoms with Crippen LogP contribution in [0.3, 0.4) is 0 Å². The predicted molar refractivity (Wildman–Crippen MR) is 91.6 cm³/mol. The first kappa shape index (κ1) is 16.0. The molecule has 0 fully saturated rings. The van der Waals surface area contributed by atoms with Crippen LogP contribution in [-0.2, 0) is 4.79 Å². The minimum Gasteiger partial charge on any atom is -0.340 e. The van der Waals surface area contributed by atoms with E-state index in [-0.39, 0.29) is 11.8 Å². The second kappa shape index (κ2) is 6.60. The van der Waals surface area contributed by atoms with Crippen molar-refractivity contribution in [2.45, 2.75) is 34.6 Å². The van der Waals surface area contributed by atoms with Crippen LogP contribution in [0.1, 0.15) is 30.5 Å². The summed E-state index contributed by atoms with van der Waals surface area (Å²) in [5, 5.41) is 6.18. The standard InChI is InChI=1S/C18H23N3O/c1-11(2)18(22)20-15-6-7-16(19-10-15)21-17-13(4)8-12(3)9-14(17)5/h6-11H,1-5H3,(H,19,21)(H,20,22). The van der Waals surface area contributed by atoms with Gasteiger partial charge in [-0.15, -0.1) is 0 Å². The summed E-state index contributed by atoms with van der Waals surface area (Å²) < 4.78 is 0. The molecule has 2 aromatic rings. The molecule has 0 aliphatic carbocycles. The molecule has 2 N–H and O–H groups in total. The number of carbonyl (C=O) groups is 1. The number of anilines is 3. The van der Waals surface area contributed by atoms with Crippen molar-refractivity contribution in [1.82, 2.24) is 4.98 Å². The Morgan fingerprint density at radius 3 is 2.23 bits per heavy atom. The van der Waals surface area contributed by atoms with Crippen LogP contribution in [-0.4, -0.2) is 10.9 Å². The first-order chi connectivity index (χ1) is 10.4. The van der Waals surface area contributed by atoms with Crippen molar-refractivity contribution >= 4 is 23.1 Å². The van der Waals surface area contributed by atoms with Gasteiger partial charge in [0.15, 0.2) is 0 Å². The first-order valence-corrected chi connectivity index (χ1v) is 7.48. The van der Waals surface area contributed by atoms with Gasteiger partial charge in [0.1, 0.15) is 5.82 Å². The van der Waals surface area contributed by atoms with Crippen molar-refractivity contribution in [3.05, 3.63) is 47.2 Å². The highest BCUT2D eigenvalue weighted by molar-refractivity contribution is 5.92. The van der Waals surface area contributed by atoms with Crippen LogP contribution in [0.2, 0.25) is 0 Å². The minimum atomic E-state index is -0.0457. The molecule has 1 amide bonds. The van der Waals surface area contributed by atoms with E-state index in [0.29, 0.717) is 5.69 Å². The van der Waals surface area contributed by atoms with Crippen LogP contribution in [0.4, 0.5) is 17.2 Å². The third kappa shape index (κ3) is 3.85. The van der Waals surface area contributed by atoms with E-state index in [4.69, 9.17) is 0 Å². The number of amides is 1. The lowest BCUT2D eigenvalue weighted by molar-refractivity contribution is -0.118. The summed E-state index contributed by atoms with van der Waals surface area (Å²) in [7, 11) is 0. The van der Waals surface area contributed by atoms with Gasteiger partial charge in [-0.2, -0.15) is 0 Å². The van der Waals surface area contributed by atoms with Crippen LogP contribution in [0, 0.1) is 26.7 Å². The summed E-state index contributed by atoms with van der Waals surface area (Å²) >= 11 is 0. The first-order valence-electron chi connectivity index (χ1n) is 7.48. The van der Waals surface area contributed by atoms with E-state index < -0.39 is 0 Å². The molecule has 0 saturated carbocycles. The number of hydrogen-bond donors (Lipinski definition) is 2. The Hall–Kier alpha value is -2.36. The Balaban J connectivity index is 2.14. The zero-order valence-corrected chi connectivity index (χ0v) is 13.8. The van der Waals surface area contributed by atoms with Gasteiger partial charge in [-0.25, -0.2) is 4.98 Å². The number of pyridine rings is 1. The lowest BCUT2D eigenvalue weighted by Gasteiger charge is -2.14. The third-order valence-corrected chi connectivity index (χ3v) is 3.49. The van der Waals surface area contributed by atoms with Gasteiger partial charge in [0, 0.05) is 11.6 Å². The zero-order chi connectivity index (χ0) is 16.3. The highest BCUT2D eigenvalue weighted by Gasteiger charge is 2.08. The van der Waals surface area contributed by atoms with E-state index in [9.17, 15) is 4.79 Å². The van der Waals surface area contributed by atoms with E-state index in [1.807, 2.05) is 26.0 Å². The Morgan fingerprint density at radius 1 is 1.09 bits per heavy atom. The number of aromatic nitrogens is 1. The van der Waals surface area contributed by atoms with Gasteiger partial charge >= 0.3 is 0 Å². The Labute approximate surface area is 132 Å². The third-order valence-electron chi connectivity index (χ3n) is 3.49. The van der Waals surface area contributed by atoms with Gasteiger partial charge in [-0.05, 0) is 44.0 Å². The van der Waals surface area contributed by atoms with Crippen molar-refractivity contribution in [2.24, 2.45) is 5.92 Å². The van der Waals surface area contributed by atoms with Crippen LogP contribution < -0.4 is 10.6 Å². The van der Waals surface area contributed by atoms with E-state index in [1.165, 1.54) is 16.7 Å². The number of hydrogen-bond acceptors (Lipinski definition) is 3. The predicted octanol–water partition coefficient (Wildman–Crippen LogP) is 4.34. The summed E-state index contributed by atoms with van der Waals surface area (Å²) in [4.78, 5) is 16.0. The summed E-state index contributed by atoms with van der Waals surface area (Å²) in [6, 6.07) is 8.02. The molecule has 1 aromatic carbocycles. The maximum atomic E-state index is 11.7. The molecule has 0 saturated heterocycles. The van der Waals surface area contributed by atoms with E-state index in [0.717, 1.165) is 11.5 Å². The maximum Gasteiger partial charge on any atom is 0.226 e. The van der Waals surface area contributed by atoms with Crippen LogP contribution >= 0.6 is 0 Å². The van der Waals surface area contributed by atoms with E-state index in [1.54, 1.807) is 6.20 Å². The fourth-order valence-electron chi connectivity index (χ4n) is 2.33. The molecule has 0 atom stereocenters.